The van der Waals surface area contributed by atoms with Crippen molar-refractivity contribution < 1.29 is 36.5 Å². The van der Waals surface area contributed by atoms with Crippen LogP contribution in [0.15, 0.2) is 35.6 Å². The number of aliphatic imine (C=N–C) groups is 1. The Bertz CT molecular complexity index is 1040. The Balaban J connectivity index is 1.64. The number of nitrogens with one attached hydrogen (secondary N) is 1. The maximum Gasteiger partial charge on any atom is 0.434 e. The second-order valence-corrected chi connectivity index (χ2v) is 7.70. The minimum atomic E-state index is -4.68. The summed E-state index contributed by atoms with van der Waals surface area (Å²) in [7, 11) is 0. The van der Waals surface area contributed by atoms with Crippen LogP contribution in [-0.2, 0) is 21.2 Å². The molecule has 4 N–H and O–H groups in total. The predicted octanol–water partition coefficient (Wildman–Crippen LogP) is 2.65. The molecular weight excluding hydrogens is 453 g/mol. The summed E-state index contributed by atoms with van der Waals surface area (Å²) in [6.07, 6.45) is -5.10. The van der Waals surface area contributed by atoms with Crippen LogP contribution in [-0.4, -0.2) is 47.1 Å². The van der Waals surface area contributed by atoms with Gasteiger partial charge in [0.1, 0.15) is 29.8 Å². The fraction of sp³-hybridized carbons (Fsp3) is 0.450. The number of anilines is 1. The van der Waals surface area contributed by atoms with Crippen LogP contribution < -0.4 is 11.1 Å². The zero-order valence-corrected chi connectivity index (χ0v) is 17.0. The average Bonchev–Trinajstić information content (AvgIpc) is 2.79. The first-order chi connectivity index (χ1) is 15.6. The monoisotopic (exact) mass is 473 g/mol. The van der Waals surface area contributed by atoms with E-state index in [-0.39, 0.29) is 29.6 Å². The largest absolute Gasteiger partial charge is 0.462 e. The van der Waals surface area contributed by atoms with Crippen molar-refractivity contribution in [3.63, 3.8) is 0 Å². The quantitative estimate of drug-likeness (QED) is 0.452. The molecule has 0 saturated carbocycles. The van der Waals surface area contributed by atoms with E-state index in [1.165, 1.54) is 12.1 Å². The Kier molecular flexibility index (Phi) is 6.10. The Hall–Kier alpha value is -3.06. The molecule has 2 aliphatic rings. The van der Waals surface area contributed by atoms with Crippen molar-refractivity contribution >= 4 is 11.7 Å². The number of alkyl halides is 4. The third kappa shape index (κ3) is 4.42. The Labute approximate surface area is 184 Å². The summed E-state index contributed by atoms with van der Waals surface area (Å²) in [6.45, 7) is -0.637. The van der Waals surface area contributed by atoms with Gasteiger partial charge >= 0.3 is 6.18 Å². The lowest BCUT2D eigenvalue weighted by molar-refractivity contribution is -0.141. The normalized spacial score (nSPS) is 26.1. The molecule has 0 radical (unpaired) electrons. The van der Waals surface area contributed by atoms with Crippen molar-refractivity contribution in [3.8, 4) is 0 Å². The van der Waals surface area contributed by atoms with Crippen molar-refractivity contribution in [2.24, 2.45) is 16.6 Å². The van der Waals surface area contributed by atoms with E-state index in [0.29, 0.717) is 19.2 Å². The molecule has 2 aromatic rings. The minimum Gasteiger partial charge on any atom is -0.462 e. The summed E-state index contributed by atoms with van der Waals surface area (Å²) >= 11 is 0. The van der Waals surface area contributed by atoms with E-state index in [2.05, 4.69) is 20.3 Å². The highest BCUT2D eigenvalue weighted by molar-refractivity contribution is 5.73. The van der Waals surface area contributed by atoms with Gasteiger partial charge in [-0.2, -0.15) is 13.2 Å². The first-order valence-electron chi connectivity index (χ1n) is 9.93. The summed E-state index contributed by atoms with van der Waals surface area (Å²) in [5.41, 5.74) is 2.64. The van der Waals surface area contributed by atoms with Crippen molar-refractivity contribution in [3.05, 3.63) is 53.4 Å². The summed E-state index contributed by atoms with van der Waals surface area (Å²) in [5, 5.41) is 12.9. The van der Waals surface area contributed by atoms with E-state index >= 15 is 0 Å². The van der Waals surface area contributed by atoms with Gasteiger partial charge in [0.05, 0.1) is 31.5 Å². The van der Waals surface area contributed by atoms with Crippen molar-refractivity contribution in [2.75, 3.05) is 25.2 Å². The second kappa shape index (κ2) is 8.71. The van der Waals surface area contributed by atoms with Crippen LogP contribution in [0.25, 0.3) is 0 Å². The molecule has 13 heteroatoms. The number of amidine groups is 1. The van der Waals surface area contributed by atoms with E-state index in [4.69, 9.17) is 15.2 Å². The molecule has 1 fully saturated rings. The molecule has 0 spiro atoms. The van der Waals surface area contributed by atoms with E-state index in [1.807, 2.05) is 0 Å². The second-order valence-electron chi connectivity index (χ2n) is 7.70. The zero-order valence-electron chi connectivity index (χ0n) is 17.0. The van der Waals surface area contributed by atoms with Crippen LogP contribution in [0.1, 0.15) is 29.6 Å². The van der Waals surface area contributed by atoms with Crippen LogP contribution >= 0.6 is 0 Å². The number of aliphatic hydroxyl groups is 1. The molecular formula is C20H20F5N5O3. The number of hydrogen-bond donors (Lipinski definition) is 3. The molecule has 0 amide bonds. The third-order valence-electron chi connectivity index (χ3n) is 5.67. The van der Waals surface area contributed by atoms with Crippen LogP contribution in [0.5, 0.6) is 0 Å². The van der Waals surface area contributed by atoms with E-state index in [0.717, 1.165) is 12.3 Å². The first kappa shape index (κ1) is 23.1. The number of halogens is 5. The zero-order chi connectivity index (χ0) is 23.8. The lowest BCUT2D eigenvalue weighted by Crippen LogP contribution is -2.54. The molecule has 4 atom stereocenters. The number of fused-ring (bicyclic) bond motifs is 1. The Morgan fingerprint density at radius 2 is 2.06 bits per heavy atom. The predicted molar refractivity (Wildman–Crippen MR) is 105 cm³/mol. The first-order valence-corrected chi connectivity index (χ1v) is 9.93. The van der Waals surface area contributed by atoms with Gasteiger partial charge in [0.15, 0.2) is 11.9 Å². The molecule has 8 nitrogen and oxygen atoms in total. The van der Waals surface area contributed by atoms with E-state index in [9.17, 15) is 27.1 Å². The van der Waals surface area contributed by atoms with Gasteiger partial charge in [0.2, 0.25) is 0 Å². The van der Waals surface area contributed by atoms with Crippen LogP contribution in [0.4, 0.5) is 27.6 Å². The number of nitrogens with zero attached hydrogens (tertiary/aromatic N) is 3. The summed E-state index contributed by atoms with van der Waals surface area (Å²) in [4.78, 5) is 10.9. The lowest BCUT2D eigenvalue weighted by atomic mass is 9.74. The number of aromatic nitrogens is 2. The van der Waals surface area contributed by atoms with Crippen molar-refractivity contribution in [1.82, 2.24) is 9.97 Å². The van der Waals surface area contributed by atoms with E-state index in [1.54, 1.807) is 0 Å². The van der Waals surface area contributed by atoms with Crippen molar-refractivity contribution in [2.45, 2.75) is 30.5 Å². The average molecular weight is 473 g/mol. The topological polar surface area (TPSA) is 115 Å². The molecule has 3 heterocycles. The van der Waals surface area contributed by atoms with Gasteiger partial charge in [-0.15, -0.1) is 0 Å². The number of nitrogens with two attached hydrogens (primary N) is 1. The number of hydrogen-bond acceptors (Lipinski definition) is 8. The smallest absolute Gasteiger partial charge is 0.434 e. The summed E-state index contributed by atoms with van der Waals surface area (Å²) < 4.78 is 78.4. The van der Waals surface area contributed by atoms with Crippen LogP contribution in [0.3, 0.4) is 0 Å². The standard InChI is InChI=1S/C20H20F5N5O3/c21-9-19(12-8-32-4-3-15(12)33-18(26)30-19)11-5-10(1-2-13(11)22)29-17(31)14-6-28-16(7-27-14)20(23,24)25/h1-2,5-7,12,15,17,29,31H,3-4,8-9H2,(H2,26,30)/t12-,15+,17?,19+/m0/s1. The maximum atomic E-state index is 14.9. The molecule has 1 unspecified atom stereocenters. The van der Waals surface area contributed by atoms with Crippen molar-refractivity contribution in [1.29, 1.82) is 0 Å². The number of aliphatic hydroxyl groups excluding tert-OH is 1. The Morgan fingerprint density at radius 1 is 1.27 bits per heavy atom. The SMILES string of the molecule is NC1=N[C@](CF)(c2cc(NC(O)c3cnc(C(F)(F)F)cn3)ccc2F)[C@H]2COCC[C@H]2O1. The third-order valence-corrected chi connectivity index (χ3v) is 5.67. The van der Waals surface area contributed by atoms with Gasteiger partial charge in [-0.25, -0.2) is 18.8 Å². The highest BCUT2D eigenvalue weighted by Gasteiger charge is 2.52. The molecule has 1 aromatic carbocycles. The van der Waals surface area contributed by atoms with Gasteiger partial charge in [-0.3, -0.25) is 4.98 Å². The molecule has 2 aliphatic heterocycles. The number of benzene rings is 1. The van der Waals surface area contributed by atoms with Crippen LogP contribution in [0.2, 0.25) is 0 Å². The van der Waals surface area contributed by atoms with Crippen LogP contribution in [0, 0.1) is 11.7 Å². The molecule has 1 saturated heterocycles. The maximum absolute atomic E-state index is 14.9. The molecule has 0 aliphatic carbocycles. The fourth-order valence-corrected chi connectivity index (χ4v) is 4.03. The molecule has 178 valence electrons. The van der Waals surface area contributed by atoms with Gasteiger partial charge < -0.3 is 25.6 Å². The Morgan fingerprint density at radius 3 is 2.73 bits per heavy atom. The summed E-state index contributed by atoms with van der Waals surface area (Å²) in [5.74, 6) is -1.41. The highest BCUT2D eigenvalue weighted by atomic mass is 19.4. The molecule has 4 rings (SSSR count). The van der Waals surface area contributed by atoms with Gasteiger partial charge in [-0.1, -0.05) is 0 Å². The molecule has 0 bridgehead atoms. The number of ether oxygens (including phenoxy) is 2. The van der Waals surface area contributed by atoms with Gasteiger partial charge in [-0.05, 0) is 18.2 Å². The number of rotatable bonds is 5. The summed E-state index contributed by atoms with van der Waals surface area (Å²) in [6, 6.07) is 3.31. The lowest BCUT2D eigenvalue weighted by Gasteiger charge is -2.45. The minimum absolute atomic E-state index is 0.0756. The van der Waals surface area contributed by atoms with Gasteiger partial charge in [0.25, 0.3) is 6.02 Å². The fourth-order valence-electron chi connectivity index (χ4n) is 4.03. The highest BCUT2D eigenvalue weighted by Crippen LogP contribution is 2.44. The van der Waals surface area contributed by atoms with Gasteiger partial charge in [0, 0.05) is 17.7 Å². The molecule has 1 aromatic heterocycles. The molecule has 33 heavy (non-hydrogen) atoms. The van der Waals surface area contributed by atoms with E-state index < -0.39 is 48.2 Å².